The van der Waals surface area contributed by atoms with Gasteiger partial charge in [-0.3, -0.25) is 0 Å². The van der Waals surface area contributed by atoms with Crippen LogP contribution in [0.3, 0.4) is 0 Å². The van der Waals surface area contributed by atoms with E-state index in [9.17, 15) is 4.79 Å². The van der Waals surface area contributed by atoms with Crippen molar-refractivity contribution in [2.45, 2.75) is 13.0 Å². The van der Waals surface area contributed by atoms with E-state index in [1.54, 1.807) is 29.3 Å². The van der Waals surface area contributed by atoms with Crippen LogP contribution >= 0.6 is 23.2 Å². The summed E-state index contributed by atoms with van der Waals surface area (Å²) in [5.41, 5.74) is 8.53. The molecule has 2 heterocycles. The minimum Gasteiger partial charge on any atom is -0.383 e. The van der Waals surface area contributed by atoms with Gasteiger partial charge in [0.15, 0.2) is 0 Å². The van der Waals surface area contributed by atoms with Crippen molar-refractivity contribution in [3.05, 3.63) is 51.6 Å². The van der Waals surface area contributed by atoms with Crippen LogP contribution in [0.5, 0.6) is 0 Å². The number of nitrogens with zero attached hydrogens (tertiary/aromatic N) is 2. The molecule has 0 fully saturated rings. The third-order valence-electron chi connectivity index (χ3n) is 3.64. The molecule has 0 spiro atoms. The van der Waals surface area contributed by atoms with E-state index in [2.05, 4.69) is 10.3 Å². The molecule has 0 unspecified atom stereocenters. The number of nitrogens with one attached hydrogen (secondary N) is 1. The number of hydrogen-bond acceptors (Lipinski definition) is 3. The smallest absolute Gasteiger partial charge is 0.322 e. The van der Waals surface area contributed by atoms with Crippen LogP contribution < -0.4 is 11.1 Å². The number of nitrogens with two attached hydrogens (primary N) is 1. The van der Waals surface area contributed by atoms with Gasteiger partial charge >= 0.3 is 6.03 Å². The summed E-state index contributed by atoms with van der Waals surface area (Å²) in [6, 6.07) is 6.70. The van der Waals surface area contributed by atoms with Crippen LogP contribution in [0.2, 0.25) is 10.0 Å². The van der Waals surface area contributed by atoms with Gasteiger partial charge in [-0.25, -0.2) is 9.78 Å². The minimum atomic E-state index is -0.181. The zero-order chi connectivity index (χ0) is 15.7. The maximum atomic E-state index is 12.4. The summed E-state index contributed by atoms with van der Waals surface area (Å²) in [6.45, 7) is 1.10. The topological polar surface area (TPSA) is 71.2 Å². The average Bonchev–Trinajstić information content (AvgIpc) is 2.51. The normalized spacial score (nSPS) is 13.6. The molecule has 22 heavy (non-hydrogen) atoms. The Hall–Kier alpha value is -1.98. The molecule has 0 radical (unpaired) electrons. The lowest BCUT2D eigenvalue weighted by atomic mass is 10.0. The van der Waals surface area contributed by atoms with E-state index in [1.165, 1.54) is 0 Å². The highest BCUT2D eigenvalue weighted by molar-refractivity contribution is 6.42. The highest BCUT2D eigenvalue weighted by atomic mass is 35.5. The lowest BCUT2D eigenvalue weighted by molar-refractivity contribution is 0.206. The fourth-order valence-electron chi connectivity index (χ4n) is 2.47. The summed E-state index contributed by atoms with van der Waals surface area (Å²) in [4.78, 5) is 18.2. The lowest BCUT2D eigenvalue weighted by Gasteiger charge is -2.29. The second-order valence-corrected chi connectivity index (χ2v) is 5.88. The number of amides is 2. The quantitative estimate of drug-likeness (QED) is 0.836. The molecule has 7 heteroatoms. The largest absolute Gasteiger partial charge is 0.383 e. The van der Waals surface area contributed by atoms with Crippen molar-refractivity contribution < 1.29 is 4.79 Å². The molecule has 114 valence electrons. The van der Waals surface area contributed by atoms with E-state index in [0.717, 1.165) is 11.1 Å². The summed E-state index contributed by atoms with van der Waals surface area (Å²) < 4.78 is 0. The third-order valence-corrected chi connectivity index (χ3v) is 4.38. The van der Waals surface area contributed by atoms with E-state index in [-0.39, 0.29) is 6.03 Å². The first kappa shape index (κ1) is 14.9. The number of urea groups is 1. The Balaban J connectivity index is 1.72. The van der Waals surface area contributed by atoms with E-state index >= 15 is 0 Å². The van der Waals surface area contributed by atoms with Gasteiger partial charge in [0.2, 0.25) is 0 Å². The number of rotatable bonds is 1. The molecule has 2 amide bonds. The number of carbonyl (C=O) groups is 1. The van der Waals surface area contributed by atoms with Gasteiger partial charge in [0.25, 0.3) is 0 Å². The Morgan fingerprint density at radius 1 is 1.27 bits per heavy atom. The van der Waals surface area contributed by atoms with Crippen molar-refractivity contribution in [2.24, 2.45) is 0 Å². The Kier molecular flexibility index (Phi) is 4.09. The first-order valence-electron chi connectivity index (χ1n) is 6.78. The van der Waals surface area contributed by atoms with E-state index in [4.69, 9.17) is 28.9 Å². The molecule has 0 saturated carbocycles. The number of halogens is 2. The second kappa shape index (κ2) is 6.02. The van der Waals surface area contributed by atoms with Crippen LogP contribution in [-0.2, 0) is 13.0 Å². The van der Waals surface area contributed by atoms with E-state index < -0.39 is 0 Å². The summed E-state index contributed by atoms with van der Waals surface area (Å²) in [5.74, 6) is 0.544. The van der Waals surface area contributed by atoms with Gasteiger partial charge in [-0.05, 0) is 36.2 Å². The van der Waals surface area contributed by atoms with Gasteiger partial charge in [0, 0.05) is 30.5 Å². The maximum Gasteiger partial charge on any atom is 0.322 e. The standard InChI is InChI=1S/C15H14Cl2N4O/c16-12-2-1-10(7-13(12)17)20-15(22)21-6-4-11-9(8-21)3-5-19-14(11)18/h1-3,5,7H,4,6,8H2,(H2,18,19)(H,20,22). The summed E-state index contributed by atoms with van der Waals surface area (Å²) in [7, 11) is 0. The molecular weight excluding hydrogens is 323 g/mol. The zero-order valence-corrected chi connectivity index (χ0v) is 13.2. The first-order chi connectivity index (χ1) is 10.5. The van der Waals surface area contributed by atoms with Crippen LogP contribution in [0.15, 0.2) is 30.5 Å². The summed E-state index contributed by atoms with van der Waals surface area (Å²) in [5, 5.41) is 3.68. The van der Waals surface area contributed by atoms with Crippen LogP contribution in [0.25, 0.3) is 0 Å². The zero-order valence-electron chi connectivity index (χ0n) is 11.6. The summed E-state index contributed by atoms with van der Waals surface area (Å²) >= 11 is 11.8. The Morgan fingerprint density at radius 3 is 2.86 bits per heavy atom. The van der Waals surface area contributed by atoms with Crippen LogP contribution in [0, 0.1) is 0 Å². The number of fused-ring (bicyclic) bond motifs is 1. The van der Waals surface area contributed by atoms with Crippen molar-refractivity contribution in [3.63, 3.8) is 0 Å². The fourth-order valence-corrected chi connectivity index (χ4v) is 2.77. The average molecular weight is 337 g/mol. The number of anilines is 2. The van der Waals surface area contributed by atoms with Crippen LogP contribution in [0.1, 0.15) is 11.1 Å². The molecule has 1 aliphatic rings. The molecule has 0 atom stereocenters. The number of pyridine rings is 1. The molecule has 5 nitrogen and oxygen atoms in total. The Bertz CT molecular complexity index is 735. The molecule has 0 aliphatic carbocycles. The predicted molar refractivity (Wildman–Crippen MR) is 88.2 cm³/mol. The van der Waals surface area contributed by atoms with Crippen molar-refractivity contribution in [2.75, 3.05) is 17.6 Å². The number of nitrogen functional groups attached to an aromatic ring is 1. The molecule has 0 saturated heterocycles. The van der Waals surface area contributed by atoms with Crippen molar-refractivity contribution in [1.82, 2.24) is 9.88 Å². The van der Waals surface area contributed by atoms with Gasteiger partial charge < -0.3 is 16.0 Å². The molecule has 3 N–H and O–H groups in total. The van der Waals surface area contributed by atoms with Gasteiger partial charge in [-0.1, -0.05) is 23.2 Å². The highest BCUT2D eigenvalue weighted by Gasteiger charge is 2.22. The molecular formula is C15H14Cl2N4O. The molecule has 0 bridgehead atoms. The predicted octanol–water partition coefficient (Wildman–Crippen LogP) is 3.56. The minimum absolute atomic E-state index is 0.181. The SMILES string of the molecule is Nc1nccc2c1CCN(C(=O)Nc1ccc(Cl)c(Cl)c1)C2. The van der Waals surface area contributed by atoms with E-state index in [1.807, 2.05) is 6.07 Å². The van der Waals surface area contributed by atoms with Crippen LogP contribution in [0.4, 0.5) is 16.3 Å². The van der Waals surface area contributed by atoms with Crippen LogP contribution in [-0.4, -0.2) is 22.5 Å². The molecule has 2 aromatic rings. The Labute approximate surface area is 138 Å². The number of carbonyl (C=O) groups excluding carboxylic acids is 1. The lowest BCUT2D eigenvalue weighted by Crippen LogP contribution is -2.39. The van der Waals surface area contributed by atoms with Crippen molar-refractivity contribution in [3.8, 4) is 0 Å². The Morgan fingerprint density at radius 2 is 2.09 bits per heavy atom. The van der Waals surface area contributed by atoms with Crippen molar-refractivity contribution in [1.29, 1.82) is 0 Å². The number of benzene rings is 1. The maximum absolute atomic E-state index is 12.4. The molecule has 1 aromatic carbocycles. The molecule has 1 aliphatic heterocycles. The highest BCUT2D eigenvalue weighted by Crippen LogP contribution is 2.26. The van der Waals surface area contributed by atoms with Crippen molar-refractivity contribution >= 4 is 40.7 Å². The third kappa shape index (κ3) is 2.96. The van der Waals surface area contributed by atoms with Gasteiger partial charge in [0.1, 0.15) is 5.82 Å². The van der Waals surface area contributed by atoms with Gasteiger partial charge in [-0.15, -0.1) is 0 Å². The number of hydrogen-bond donors (Lipinski definition) is 2. The fraction of sp³-hybridized carbons (Fsp3) is 0.200. The molecule has 3 rings (SSSR count). The first-order valence-corrected chi connectivity index (χ1v) is 7.53. The second-order valence-electron chi connectivity index (χ2n) is 5.06. The number of aromatic nitrogens is 1. The van der Waals surface area contributed by atoms with E-state index in [0.29, 0.717) is 41.1 Å². The monoisotopic (exact) mass is 336 g/mol. The van der Waals surface area contributed by atoms with Gasteiger partial charge in [-0.2, -0.15) is 0 Å². The van der Waals surface area contributed by atoms with Gasteiger partial charge in [0.05, 0.1) is 10.0 Å². The molecule has 1 aromatic heterocycles. The summed E-state index contributed by atoms with van der Waals surface area (Å²) in [6.07, 6.45) is 2.36.